The van der Waals surface area contributed by atoms with Crippen LogP contribution in [0, 0.1) is 0 Å². The summed E-state index contributed by atoms with van der Waals surface area (Å²) in [6.45, 7) is 0. The lowest BCUT2D eigenvalue weighted by atomic mass is 10.1. The fraction of sp³-hybridized carbons (Fsp3) is 0.0556. The minimum Gasteiger partial charge on any atom is -0.504 e. The van der Waals surface area contributed by atoms with Gasteiger partial charge in [-0.05, 0) is 12.1 Å². The van der Waals surface area contributed by atoms with E-state index in [-0.39, 0.29) is 17.4 Å². The van der Waals surface area contributed by atoms with Crippen molar-refractivity contribution < 1.29 is 14.3 Å². The summed E-state index contributed by atoms with van der Waals surface area (Å²) in [5.41, 5.74) is 2.34. The molecule has 0 fully saturated rings. The summed E-state index contributed by atoms with van der Waals surface area (Å²) < 4.78 is 5.75. The van der Waals surface area contributed by atoms with Crippen LogP contribution in [0.4, 0.5) is 11.4 Å². The summed E-state index contributed by atoms with van der Waals surface area (Å²) in [5, 5.41) is 16.1. The average molecular weight is 306 g/mol. The van der Waals surface area contributed by atoms with E-state index in [1.165, 1.54) is 6.07 Å². The number of rotatable bonds is 2. The topological polar surface area (TPSA) is 74.5 Å². The molecule has 1 atom stereocenters. The minimum atomic E-state index is -0.776. The van der Waals surface area contributed by atoms with Crippen molar-refractivity contribution in [2.24, 2.45) is 0 Å². The van der Waals surface area contributed by atoms with Crippen LogP contribution in [0.5, 0.6) is 5.75 Å². The molecule has 0 bridgehead atoms. The summed E-state index contributed by atoms with van der Waals surface area (Å²) in [6, 6.07) is 17.6. The van der Waals surface area contributed by atoms with E-state index in [4.69, 9.17) is 4.42 Å². The van der Waals surface area contributed by atoms with Crippen molar-refractivity contribution in [3.63, 3.8) is 0 Å². The number of carbonyl (C=O) groups excluding carboxylic acids is 1. The van der Waals surface area contributed by atoms with Crippen LogP contribution in [0.15, 0.2) is 65.1 Å². The number of hydrogen-bond acceptors (Lipinski definition) is 4. The number of carbonyl (C=O) groups is 1. The molecule has 0 spiro atoms. The Bertz CT molecular complexity index is 871. The molecule has 1 aliphatic rings. The van der Waals surface area contributed by atoms with Crippen LogP contribution in [0.25, 0.3) is 11.3 Å². The van der Waals surface area contributed by atoms with Crippen molar-refractivity contribution in [3.8, 4) is 17.1 Å². The minimum absolute atomic E-state index is 0.0455. The van der Waals surface area contributed by atoms with E-state index in [0.29, 0.717) is 11.4 Å². The molecule has 5 nitrogen and oxygen atoms in total. The molecule has 1 aliphatic heterocycles. The smallest absolute Gasteiger partial charge is 0.255 e. The maximum Gasteiger partial charge on any atom is 0.255 e. The zero-order valence-electron chi connectivity index (χ0n) is 12.1. The van der Waals surface area contributed by atoms with Gasteiger partial charge in [-0.3, -0.25) is 4.79 Å². The maximum absolute atomic E-state index is 12.3. The third-order valence-electron chi connectivity index (χ3n) is 3.81. The molecule has 1 amide bonds. The van der Waals surface area contributed by atoms with Crippen LogP contribution in [0.2, 0.25) is 0 Å². The van der Waals surface area contributed by atoms with E-state index < -0.39 is 6.04 Å². The summed E-state index contributed by atoms with van der Waals surface area (Å²) in [6.07, 6.45) is 0. The molecule has 23 heavy (non-hydrogen) atoms. The first-order chi connectivity index (χ1) is 11.2. The van der Waals surface area contributed by atoms with Gasteiger partial charge in [-0.2, -0.15) is 0 Å². The quantitative estimate of drug-likeness (QED) is 0.674. The molecule has 3 aromatic rings. The highest BCUT2D eigenvalue weighted by Crippen LogP contribution is 2.38. The Morgan fingerprint density at radius 1 is 0.957 bits per heavy atom. The van der Waals surface area contributed by atoms with Gasteiger partial charge in [0.25, 0.3) is 5.91 Å². The Morgan fingerprint density at radius 3 is 2.43 bits per heavy atom. The summed E-state index contributed by atoms with van der Waals surface area (Å²) in [7, 11) is 0. The number of aromatic hydroxyl groups is 1. The van der Waals surface area contributed by atoms with E-state index in [0.717, 1.165) is 11.3 Å². The van der Waals surface area contributed by atoms with Gasteiger partial charge in [0.05, 0.1) is 11.4 Å². The third kappa shape index (κ3) is 2.32. The Kier molecular flexibility index (Phi) is 3.05. The van der Waals surface area contributed by atoms with E-state index >= 15 is 0 Å². The van der Waals surface area contributed by atoms with E-state index in [1.807, 2.05) is 54.6 Å². The van der Waals surface area contributed by atoms with Gasteiger partial charge in [0, 0.05) is 11.6 Å². The molecule has 3 N–H and O–H groups in total. The van der Waals surface area contributed by atoms with Crippen molar-refractivity contribution >= 4 is 17.3 Å². The molecule has 114 valence electrons. The summed E-state index contributed by atoms with van der Waals surface area (Å²) >= 11 is 0. The molecule has 0 aliphatic carbocycles. The zero-order valence-corrected chi connectivity index (χ0v) is 12.1. The standard InChI is InChI=1S/C18H14N2O3/c21-14-10-15(11-6-2-1-3-7-11)23-17(14)16-18(22)20-13-9-5-4-8-12(13)19-16/h1-10,16,19,21H,(H,20,22). The number of amides is 1. The van der Waals surface area contributed by atoms with Gasteiger partial charge in [-0.1, -0.05) is 42.5 Å². The highest BCUT2D eigenvalue weighted by atomic mass is 16.4. The number of fused-ring (bicyclic) bond motifs is 1. The molecule has 4 rings (SSSR count). The average Bonchev–Trinajstić information content (AvgIpc) is 2.97. The van der Waals surface area contributed by atoms with Crippen molar-refractivity contribution in [1.82, 2.24) is 0 Å². The Morgan fingerprint density at radius 2 is 1.65 bits per heavy atom. The predicted octanol–water partition coefficient (Wildman–Crippen LogP) is 3.76. The first kappa shape index (κ1) is 13.5. The lowest BCUT2D eigenvalue weighted by Gasteiger charge is -2.25. The van der Waals surface area contributed by atoms with Gasteiger partial charge in [0.2, 0.25) is 0 Å². The lowest BCUT2D eigenvalue weighted by molar-refractivity contribution is -0.117. The normalized spacial score (nSPS) is 16.3. The maximum atomic E-state index is 12.3. The second-order valence-corrected chi connectivity index (χ2v) is 5.34. The van der Waals surface area contributed by atoms with Crippen molar-refractivity contribution in [2.75, 3.05) is 10.6 Å². The summed E-state index contributed by atoms with van der Waals surface area (Å²) in [4.78, 5) is 12.3. The largest absolute Gasteiger partial charge is 0.504 e. The number of furan rings is 1. The Hall–Kier alpha value is -3.21. The molecule has 5 heteroatoms. The van der Waals surface area contributed by atoms with Crippen LogP contribution >= 0.6 is 0 Å². The van der Waals surface area contributed by atoms with Crippen molar-refractivity contribution in [2.45, 2.75) is 6.04 Å². The van der Waals surface area contributed by atoms with E-state index in [1.54, 1.807) is 0 Å². The number of benzene rings is 2. The van der Waals surface area contributed by atoms with Crippen LogP contribution < -0.4 is 10.6 Å². The number of anilines is 2. The van der Waals surface area contributed by atoms with Crippen LogP contribution in [-0.4, -0.2) is 11.0 Å². The molecule has 2 aromatic carbocycles. The van der Waals surface area contributed by atoms with Gasteiger partial charge < -0.3 is 20.2 Å². The predicted molar refractivity (Wildman–Crippen MR) is 87.2 cm³/mol. The lowest BCUT2D eigenvalue weighted by Crippen LogP contribution is -2.31. The molecule has 0 saturated carbocycles. The van der Waals surface area contributed by atoms with Crippen LogP contribution in [0.3, 0.4) is 0 Å². The van der Waals surface area contributed by atoms with Gasteiger partial charge in [-0.15, -0.1) is 0 Å². The van der Waals surface area contributed by atoms with E-state index in [2.05, 4.69) is 10.6 Å². The molecule has 0 radical (unpaired) electrons. The number of hydrogen-bond donors (Lipinski definition) is 3. The molecule has 2 heterocycles. The second kappa shape index (κ2) is 5.21. The first-order valence-electron chi connectivity index (χ1n) is 7.27. The first-order valence-corrected chi connectivity index (χ1v) is 7.27. The Balaban J connectivity index is 1.72. The fourth-order valence-corrected chi connectivity index (χ4v) is 2.68. The highest BCUT2D eigenvalue weighted by Gasteiger charge is 2.32. The molecule has 1 unspecified atom stereocenters. The van der Waals surface area contributed by atoms with Crippen LogP contribution in [-0.2, 0) is 4.79 Å². The third-order valence-corrected chi connectivity index (χ3v) is 3.81. The van der Waals surface area contributed by atoms with Crippen molar-refractivity contribution in [1.29, 1.82) is 0 Å². The SMILES string of the molecule is O=C1Nc2ccccc2NC1c1oc(-c2ccccc2)cc1O. The van der Waals surface area contributed by atoms with Crippen molar-refractivity contribution in [3.05, 3.63) is 66.4 Å². The monoisotopic (exact) mass is 306 g/mol. The van der Waals surface area contributed by atoms with Gasteiger partial charge >= 0.3 is 0 Å². The second-order valence-electron chi connectivity index (χ2n) is 5.34. The van der Waals surface area contributed by atoms with E-state index in [9.17, 15) is 9.90 Å². The zero-order chi connectivity index (χ0) is 15.8. The molecule has 0 saturated heterocycles. The number of nitrogens with one attached hydrogen (secondary N) is 2. The fourth-order valence-electron chi connectivity index (χ4n) is 2.68. The Labute approximate surface area is 132 Å². The molecular formula is C18H14N2O3. The van der Waals surface area contributed by atoms with Crippen LogP contribution in [0.1, 0.15) is 11.8 Å². The number of para-hydroxylation sites is 2. The van der Waals surface area contributed by atoms with Gasteiger partial charge in [0.1, 0.15) is 5.76 Å². The molecule has 1 aromatic heterocycles. The highest BCUT2D eigenvalue weighted by molar-refractivity contribution is 6.03. The van der Waals surface area contributed by atoms with Gasteiger partial charge in [0.15, 0.2) is 17.6 Å². The van der Waals surface area contributed by atoms with Gasteiger partial charge in [-0.25, -0.2) is 0 Å². The summed E-state index contributed by atoms with van der Waals surface area (Å²) in [5.74, 6) is 0.409. The molecular weight excluding hydrogens is 292 g/mol.